The molecule has 0 saturated carbocycles. The van der Waals surface area contributed by atoms with E-state index in [0.717, 1.165) is 11.1 Å². The Kier molecular flexibility index (Phi) is 4.92. The van der Waals surface area contributed by atoms with Crippen LogP contribution in [0.15, 0.2) is 29.8 Å². The molecule has 1 aromatic rings. The Morgan fingerprint density at radius 3 is 2.67 bits per heavy atom. The molecule has 1 atom stereocenters. The number of aromatic hydroxyl groups is 1. The number of phenols is 1. The average molecular weight is 249 g/mol. The number of aliphatic carboxylic acids is 1. The third-order valence-electron chi connectivity index (χ3n) is 2.65. The second-order valence-corrected chi connectivity index (χ2v) is 4.60. The number of carboxylic acids is 1. The summed E-state index contributed by atoms with van der Waals surface area (Å²) in [4.78, 5) is 10.7. The Morgan fingerprint density at radius 1 is 1.44 bits per heavy atom. The number of allylic oxidation sites excluding steroid dienone is 2. The number of nitrogens with two attached hydrogens (primary N) is 1. The number of phenolic OH excluding ortho intramolecular Hbond substituents is 1. The molecule has 0 heterocycles. The second-order valence-electron chi connectivity index (χ2n) is 4.60. The SMILES string of the molecule is CC(C)=CCc1cc(C[C@H](N)C(=O)O)ccc1O. The van der Waals surface area contributed by atoms with E-state index in [-0.39, 0.29) is 12.2 Å². The van der Waals surface area contributed by atoms with E-state index in [1.165, 1.54) is 5.57 Å². The summed E-state index contributed by atoms with van der Waals surface area (Å²) in [6, 6.07) is 4.17. The highest BCUT2D eigenvalue weighted by molar-refractivity contribution is 5.73. The van der Waals surface area contributed by atoms with E-state index < -0.39 is 12.0 Å². The average Bonchev–Trinajstić information content (AvgIpc) is 2.29. The van der Waals surface area contributed by atoms with Crippen LogP contribution in [0.4, 0.5) is 0 Å². The predicted molar refractivity (Wildman–Crippen MR) is 70.6 cm³/mol. The van der Waals surface area contributed by atoms with E-state index in [0.29, 0.717) is 6.42 Å². The highest BCUT2D eigenvalue weighted by atomic mass is 16.4. The van der Waals surface area contributed by atoms with Crippen LogP contribution in [0, 0.1) is 0 Å². The largest absolute Gasteiger partial charge is 0.508 e. The van der Waals surface area contributed by atoms with Crippen molar-refractivity contribution in [1.29, 1.82) is 0 Å². The molecule has 0 saturated heterocycles. The molecule has 0 fully saturated rings. The van der Waals surface area contributed by atoms with Gasteiger partial charge in [0.05, 0.1) is 0 Å². The summed E-state index contributed by atoms with van der Waals surface area (Å²) in [7, 11) is 0. The van der Waals surface area contributed by atoms with Crippen molar-refractivity contribution in [3.05, 3.63) is 41.0 Å². The van der Waals surface area contributed by atoms with Crippen molar-refractivity contribution in [3.8, 4) is 5.75 Å². The Bertz CT molecular complexity index is 462. The van der Waals surface area contributed by atoms with Crippen molar-refractivity contribution in [2.75, 3.05) is 0 Å². The summed E-state index contributed by atoms with van der Waals surface area (Å²) in [6.45, 7) is 3.97. The van der Waals surface area contributed by atoms with Gasteiger partial charge in [0, 0.05) is 0 Å². The minimum absolute atomic E-state index is 0.222. The molecule has 0 unspecified atom stereocenters. The smallest absolute Gasteiger partial charge is 0.320 e. The van der Waals surface area contributed by atoms with Gasteiger partial charge < -0.3 is 15.9 Å². The van der Waals surface area contributed by atoms with E-state index in [9.17, 15) is 9.90 Å². The van der Waals surface area contributed by atoms with Gasteiger partial charge in [-0.25, -0.2) is 0 Å². The molecule has 1 rings (SSSR count). The molecule has 0 aliphatic heterocycles. The second kappa shape index (κ2) is 6.21. The van der Waals surface area contributed by atoms with Gasteiger partial charge in [-0.05, 0) is 43.9 Å². The summed E-state index contributed by atoms with van der Waals surface area (Å²) in [5.41, 5.74) is 8.26. The zero-order valence-corrected chi connectivity index (χ0v) is 10.7. The van der Waals surface area contributed by atoms with Gasteiger partial charge in [0.2, 0.25) is 0 Å². The third kappa shape index (κ3) is 4.22. The molecule has 18 heavy (non-hydrogen) atoms. The first-order chi connectivity index (χ1) is 8.40. The highest BCUT2D eigenvalue weighted by Gasteiger charge is 2.12. The monoisotopic (exact) mass is 249 g/mol. The summed E-state index contributed by atoms with van der Waals surface area (Å²) in [6.07, 6.45) is 2.90. The molecule has 0 radical (unpaired) electrons. The van der Waals surface area contributed by atoms with E-state index in [1.807, 2.05) is 19.9 Å². The van der Waals surface area contributed by atoms with E-state index in [4.69, 9.17) is 10.8 Å². The minimum atomic E-state index is -1.02. The number of hydrogen-bond donors (Lipinski definition) is 3. The number of carboxylic acid groups (broad SMARTS) is 1. The lowest BCUT2D eigenvalue weighted by atomic mass is 10.0. The number of rotatable bonds is 5. The van der Waals surface area contributed by atoms with E-state index >= 15 is 0 Å². The van der Waals surface area contributed by atoms with Crippen LogP contribution in [-0.4, -0.2) is 22.2 Å². The summed E-state index contributed by atoms with van der Waals surface area (Å²) in [5.74, 6) is -0.797. The van der Waals surface area contributed by atoms with Gasteiger partial charge in [0.15, 0.2) is 0 Å². The van der Waals surface area contributed by atoms with Gasteiger partial charge in [0.25, 0.3) is 0 Å². The van der Waals surface area contributed by atoms with Crippen molar-refractivity contribution < 1.29 is 15.0 Å². The fourth-order valence-corrected chi connectivity index (χ4v) is 1.58. The molecule has 4 nitrogen and oxygen atoms in total. The summed E-state index contributed by atoms with van der Waals surface area (Å²) in [5, 5.41) is 18.5. The van der Waals surface area contributed by atoms with Crippen LogP contribution >= 0.6 is 0 Å². The molecule has 1 aromatic carbocycles. The van der Waals surface area contributed by atoms with Crippen LogP contribution < -0.4 is 5.73 Å². The van der Waals surface area contributed by atoms with Crippen molar-refractivity contribution in [1.82, 2.24) is 0 Å². The molecule has 0 aliphatic rings. The Balaban J connectivity index is 2.86. The van der Waals surface area contributed by atoms with Gasteiger partial charge in [-0.1, -0.05) is 23.8 Å². The quantitative estimate of drug-likeness (QED) is 0.695. The Morgan fingerprint density at radius 2 is 2.11 bits per heavy atom. The lowest BCUT2D eigenvalue weighted by molar-refractivity contribution is -0.138. The predicted octanol–water partition coefficient (Wildman–Crippen LogP) is 1.86. The maximum Gasteiger partial charge on any atom is 0.320 e. The maximum absolute atomic E-state index is 10.7. The third-order valence-corrected chi connectivity index (χ3v) is 2.65. The van der Waals surface area contributed by atoms with Crippen LogP contribution in [0.2, 0.25) is 0 Å². The van der Waals surface area contributed by atoms with Crippen molar-refractivity contribution in [2.24, 2.45) is 5.73 Å². The molecular formula is C14H19NO3. The Hall–Kier alpha value is -1.81. The van der Waals surface area contributed by atoms with Gasteiger partial charge in [-0.3, -0.25) is 4.79 Å². The van der Waals surface area contributed by atoms with E-state index in [1.54, 1.807) is 18.2 Å². The molecule has 0 amide bonds. The van der Waals surface area contributed by atoms with Crippen LogP contribution in [0.25, 0.3) is 0 Å². The van der Waals surface area contributed by atoms with Gasteiger partial charge in [-0.15, -0.1) is 0 Å². The first kappa shape index (κ1) is 14.3. The summed E-state index contributed by atoms with van der Waals surface area (Å²) < 4.78 is 0. The first-order valence-corrected chi connectivity index (χ1v) is 5.82. The number of benzene rings is 1. The van der Waals surface area contributed by atoms with Crippen molar-refractivity contribution in [3.63, 3.8) is 0 Å². The standard InChI is InChI=1S/C14H19NO3/c1-9(2)3-5-11-7-10(4-6-13(11)16)8-12(15)14(17)18/h3-4,6-7,12,16H,5,8,15H2,1-2H3,(H,17,18)/t12-/m0/s1. The van der Waals surface area contributed by atoms with Crippen LogP contribution in [0.3, 0.4) is 0 Å². The van der Waals surface area contributed by atoms with Crippen molar-refractivity contribution >= 4 is 5.97 Å². The minimum Gasteiger partial charge on any atom is -0.508 e. The maximum atomic E-state index is 10.7. The molecule has 4 heteroatoms. The fraction of sp³-hybridized carbons (Fsp3) is 0.357. The molecule has 0 bridgehead atoms. The van der Waals surface area contributed by atoms with Gasteiger partial charge in [-0.2, -0.15) is 0 Å². The van der Waals surface area contributed by atoms with Crippen LogP contribution in [0.1, 0.15) is 25.0 Å². The van der Waals surface area contributed by atoms with E-state index in [2.05, 4.69) is 0 Å². The zero-order chi connectivity index (χ0) is 13.7. The molecule has 0 aromatic heterocycles. The molecule has 0 aliphatic carbocycles. The molecular weight excluding hydrogens is 230 g/mol. The molecule has 0 spiro atoms. The first-order valence-electron chi connectivity index (χ1n) is 5.82. The van der Waals surface area contributed by atoms with Crippen LogP contribution in [0.5, 0.6) is 5.75 Å². The van der Waals surface area contributed by atoms with Crippen molar-refractivity contribution in [2.45, 2.75) is 32.7 Å². The van der Waals surface area contributed by atoms with Gasteiger partial charge >= 0.3 is 5.97 Å². The zero-order valence-electron chi connectivity index (χ0n) is 10.7. The highest BCUT2D eigenvalue weighted by Crippen LogP contribution is 2.20. The molecule has 4 N–H and O–H groups in total. The number of carbonyl (C=O) groups is 1. The topological polar surface area (TPSA) is 83.6 Å². The normalized spacial score (nSPS) is 11.9. The lowest BCUT2D eigenvalue weighted by Gasteiger charge is -2.09. The molecule has 98 valence electrons. The lowest BCUT2D eigenvalue weighted by Crippen LogP contribution is -2.32. The van der Waals surface area contributed by atoms with Gasteiger partial charge in [0.1, 0.15) is 11.8 Å². The Labute approximate surface area is 107 Å². The number of hydrogen-bond acceptors (Lipinski definition) is 3. The summed E-state index contributed by atoms with van der Waals surface area (Å²) >= 11 is 0. The van der Waals surface area contributed by atoms with Crippen LogP contribution in [-0.2, 0) is 17.6 Å². The fourth-order valence-electron chi connectivity index (χ4n) is 1.58.